The van der Waals surface area contributed by atoms with Gasteiger partial charge in [0.05, 0.1) is 6.61 Å². The molecule has 0 fully saturated rings. The van der Waals surface area contributed by atoms with E-state index in [-0.39, 0.29) is 0 Å². The Morgan fingerprint density at radius 1 is 1.11 bits per heavy atom. The molecule has 0 radical (unpaired) electrons. The molecule has 1 aromatic rings. The first-order valence-corrected chi connectivity index (χ1v) is 7.10. The summed E-state index contributed by atoms with van der Waals surface area (Å²) >= 11 is 0. The maximum Gasteiger partial charge on any atom is 0.131 e. The van der Waals surface area contributed by atoms with Gasteiger partial charge in [0, 0.05) is 31.0 Å². The highest BCUT2D eigenvalue weighted by atomic mass is 16.5. The maximum atomic E-state index is 5.07. The van der Waals surface area contributed by atoms with Crippen molar-refractivity contribution in [1.29, 1.82) is 0 Å². The minimum atomic E-state index is 0.551. The Bertz CT molecular complexity index is 368. The molecule has 0 aliphatic rings. The van der Waals surface area contributed by atoms with Crippen LogP contribution in [-0.4, -0.2) is 36.3 Å². The molecule has 0 amide bonds. The highest BCUT2D eigenvalue weighted by Crippen LogP contribution is 2.12. The van der Waals surface area contributed by atoms with Gasteiger partial charge < -0.3 is 10.1 Å². The zero-order valence-corrected chi connectivity index (χ0v) is 12.9. The van der Waals surface area contributed by atoms with E-state index in [0.29, 0.717) is 12.6 Å². The third kappa shape index (κ3) is 5.66. The van der Waals surface area contributed by atoms with Gasteiger partial charge in [-0.2, -0.15) is 0 Å². The summed E-state index contributed by atoms with van der Waals surface area (Å²) in [6, 6.07) is 0.551. The van der Waals surface area contributed by atoms with E-state index in [1.807, 2.05) is 0 Å². The van der Waals surface area contributed by atoms with E-state index in [0.717, 1.165) is 43.0 Å². The summed E-state index contributed by atoms with van der Waals surface area (Å²) < 4.78 is 5.07. The molecule has 1 rings (SSSR count). The summed E-state index contributed by atoms with van der Waals surface area (Å²) in [5.41, 5.74) is 3.53. The third-order valence-electron chi connectivity index (χ3n) is 3.15. The Hall–Kier alpha value is -1.00. The van der Waals surface area contributed by atoms with Crippen molar-refractivity contribution in [3.05, 3.63) is 22.8 Å². The predicted octanol–water partition coefficient (Wildman–Crippen LogP) is 2.21. The van der Waals surface area contributed by atoms with Gasteiger partial charge in [0.15, 0.2) is 0 Å². The minimum Gasteiger partial charge on any atom is -0.384 e. The molecule has 0 atom stereocenters. The molecule has 0 aliphatic carbocycles. The van der Waals surface area contributed by atoms with Crippen LogP contribution in [0.4, 0.5) is 0 Å². The lowest BCUT2D eigenvalue weighted by molar-refractivity contribution is 0.200. The normalized spacial score (nSPS) is 11.3. The second-order valence-corrected chi connectivity index (χ2v) is 5.24. The smallest absolute Gasteiger partial charge is 0.131 e. The van der Waals surface area contributed by atoms with E-state index < -0.39 is 0 Å². The van der Waals surface area contributed by atoms with Crippen LogP contribution < -0.4 is 5.32 Å². The average Bonchev–Trinajstić information content (AvgIpc) is 2.34. The summed E-state index contributed by atoms with van der Waals surface area (Å²) in [4.78, 5) is 9.15. The lowest BCUT2D eigenvalue weighted by Gasteiger charge is -2.12. The van der Waals surface area contributed by atoms with E-state index in [2.05, 4.69) is 43.0 Å². The molecule has 0 unspecified atom stereocenters. The van der Waals surface area contributed by atoms with Crippen LogP contribution in [-0.2, 0) is 17.6 Å². The number of nitrogens with one attached hydrogen (secondary N) is 1. The molecule has 1 heterocycles. The standard InChI is InChI=1S/C15H27N3O/c1-11(2)16-9-6-7-14-12(3)17-15(8-10-19-5)18-13(14)4/h11,16H,6-10H2,1-5H3. The maximum absolute atomic E-state index is 5.07. The number of aromatic nitrogens is 2. The van der Waals surface area contributed by atoms with Crippen LogP contribution >= 0.6 is 0 Å². The van der Waals surface area contributed by atoms with E-state index in [4.69, 9.17) is 4.74 Å². The van der Waals surface area contributed by atoms with Crippen molar-refractivity contribution < 1.29 is 4.74 Å². The van der Waals surface area contributed by atoms with E-state index >= 15 is 0 Å². The Morgan fingerprint density at radius 2 is 1.74 bits per heavy atom. The average molecular weight is 265 g/mol. The molecule has 108 valence electrons. The molecule has 0 aromatic carbocycles. The molecule has 0 saturated carbocycles. The van der Waals surface area contributed by atoms with Crippen molar-refractivity contribution >= 4 is 0 Å². The summed E-state index contributed by atoms with van der Waals surface area (Å²) in [6.45, 7) is 10.2. The Labute approximate surface area is 117 Å². The van der Waals surface area contributed by atoms with Crippen molar-refractivity contribution in [3.8, 4) is 0 Å². The quantitative estimate of drug-likeness (QED) is 0.732. The fourth-order valence-electron chi connectivity index (χ4n) is 2.13. The third-order valence-corrected chi connectivity index (χ3v) is 3.15. The van der Waals surface area contributed by atoms with Crippen molar-refractivity contribution in [2.45, 2.75) is 53.0 Å². The second kappa shape index (κ2) is 8.23. The Kier molecular flexibility index (Phi) is 6.95. The predicted molar refractivity (Wildman–Crippen MR) is 78.5 cm³/mol. The molecule has 0 saturated heterocycles. The highest BCUT2D eigenvalue weighted by Gasteiger charge is 2.08. The highest BCUT2D eigenvalue weighted by molar-refractivity contribution is 5.24. The van der Waals surface area contributed by atoms with Gasteiger partial charge in [-0.05, 0) is 38.8 Å². The van der Waals surface area contributed by atoms with Gasteiger partial charge in [-0.3, -0.25) is 0 Å². The van der Waals surface area contributed by atoms with Crippen molar-refractivity contribution in [1.82, 2.24) is 15.3 Å². The van der Waals surface area contributed by atoms with Crippen LogP contribution in [0.25, 0.3) is 0 Å². The van der Waals surface area contributed by atoms with E-state index in [9.17, 15) is 0 Å². The SMILES string of the molecule is COCCc1nc(C)c(CCCNC(C)C)c(C)n1. The van der Waals surface area contributed by atoms with Crippen LogP contribution in [0, 0.1) is 13.8 Å². The lowest BCUT2D eigenvalue weighted by Crippen LogP contribution is -2.24. The summed E-state index contributed by atoms with van der Waals surface area (Å²) in [5, 5.41) is 3.44. The summed E-state index contributed by atoms with van der Waals surface area (Å²) in [6.07, 6.45) is 2.95. The molecule has 4 heteroatoms. The molecule has 19 heavy (non-hydrogen) atoms. The van der Waals surface area contributed by atoms with Crippen molar-refractivity contribution in [3.63, 3.8) is 0 Å². The van der Waals surface area contributed by atoms with Crippen LogP contribution in [0.1, 0.15) is 43.0 Å². The fourth-order valence-corrected chi connectivity index (χ4v) is 2.13. The first kappa shape index (κ1) is 16.1. The monoisotopic (exact) mass is 265 g/mol. The van der Waals surface area contributed by atoms with Gasteiger partial charge in [0.25, 0.3) is 0 Å². The number of ether oxygens (including phenoxy) is 1. The molecule has 0 aliphatic heterocycles. The summed E-state index contributed by atoms with van der Waals surface area (Å²) in [7, 11) is 1.70. The number of rotatable bonds is 8. The molecule has 1 aromatic heterocycles. The van der Waals surface area contributed by atoms with Gasteiger partial charge in [-0.25, -0.2) is 9.97 Å². The van der Waals surface area contributed by atoms with E-state index in [1.54, 1.807) is 7.11 Å². The Morgan fingerprint density at radius 3 is 2.26 bits per heavy atom. The Balaban J connectivity index is 2.58. The van der Waals surface area contributed by atoms with Crippen molar-refractivity contribution in [2.24, 2.45) is 0 Å². The van der Waals surface area contributed by atoms with Crippen LogP contribution in [0.15, 0.2) is 0 Å². The van der Waals surface area contributed by atoms with Gasteiger partial charge in [0.2, 0.25) is 0 Å². The molecule has 4 nitrogen and oxygen atoms in total. The van der Waals surface area contributed by atoms with Gasteiger partial charge in [-0.1, -0.05) is 13.8 Å². The van der Waals surface area contributed by atoms with Gasteiger partial charge in [0.1, 0.15) is 5.82 Å². The minimum absolute atomic E-state index is 0.551. The number of hydrogen-bond donors (Lipinski definition) is 1. The second-order valence-electron chi connectivity index (χ2n) is 5.24. The molecule has 0 bridgehead atoms. The van der Waals surface area contributed by atoms with E-state index in [1.165, 1.54) is 5.56 Å². The summed E-state index contributed by atoms with van der Waals surface area (Å²) in [5.74, 6) is 0.890. The molecule has 1 N–H and O–H groups in total. The zero-order valence-electron chi connectivity index (χ0n) is 12.9. The first-order valence-electron chi connectivity index (χ1n) is 7.10. The van der Waals surface area contributed by atoms with Gasteiger partial charge in [-0.15, -0.1) is 0 Å². The largest absolute Gasteiger partial charge is 0.384 e. The first-order chi connectivity index (χ1) is 9.04. The zero-order chi connectivity index (χ0) is 14.3. The lowest BCUT2D eigenvalue weighted by atomic mass is 10.1. The topological polar surface area (TPSA) is 47.0 Å². The number of nitrogens with zero attached hydrogens (tertiary/aromatic N) is 2. The number of methoxy groups -OCH3 is 1. The number of hydrogen-bond acceptors (Lipinski definition) is 4. The number of aryl methyl sites for hydroxylation is 2. The van der Waals surface area contributed by atoms with Crippen LogP contribution in [0.3, 0.4) is 0 Å². The van der Waals surface area contributed by atoms with Crippen LogP contribution in [0.5, 0.6) is 0 Å². The molecular weight excluding hydrogens is 238 g/mol. The molecular formula is C15H27N3O. The molecule has 0 spiro atoms. The van der Waals surface area contributed by atoms with Crippen molar-refractivity contribution in [2.75, 3.05) is 20.3 Å². The fraction of sp³-hybridized carbons (Fsp3) is 0.733. The van der Waals surface area contributed by atoms with Crippen LogP contribution in [0.2, 0.25) is 0 Å². The van der Waals surface area contributed by atoms with Gasteiger partial charge >= 0.3 is 0 Å².